The molecule has 0 radical (unpaired) electrons. The summed E-state index contributed by atoms with van der Waals surface area (Å²) in [4.78, 5) is 26.9. The number of aromatic nitrogens is 2. The molecule has 0 bridgehead atoms. The van der Waals surface area contributed by atoms with Crippen molar-refractivity contribution in [2.75, 3.05) is 13.1 Å². The predicted molar refractivity (Wildman–Crippen MR) is 120 cm³/mol. The number of halogens is 2. The number of Topliss-reactive ketones (excluding diaryl/α,β-unsaturated/α-hetero) is 1. The fourth-order valence-electron chi connectivity index (χ4n) is 3.82. The lowest BCUT2D eigenvalue weighted by atomic mass is 9.93. The maximum Gasteiger partial charge on any atom is 0.186 e. The van der Waals surface area contributed by atoms with Crippen molar-refractivity contribution in [3.63, 3.8) is 0 Å². The van der Waals surface area contributed by atoms with Crippen molar-refractivity contribution in [3.05, 3.63) is 52.3 Å². The third kappa shape index (κ3) is 5.35. The first kappa shape index (κ1) is 23.1. The number of carbonyl (C=O) groups is 2. The summed E-state index contributed by atoms with van der Waals surface area (Å²) in [5, 5.41) is 6.04. The molecule has 1 saturated carbocycles. The van der Waals surface area contributed by atoms with Crippen LogP contribution in [0, 0.1) is 11.7 Å². The Morgan fingerprint density at radius 1 is 1.30 bits per heavy atom. The van der Waals surface area contributed by atoms with Crippen molar-refractivity contribution in [3.8, 4) is 0 Å². The third-order valence-corrected chi connectivity index (χ3v) is 6.99. The van der Waals surface area contributed by atoms with Crippen LogP contribution in [0.1, 0.15) is 43.5 Å². The zero-order chi connectivity index (χ0) is 20.4. The summed E-state index contributed by atoms with van der Waals surface area (Å²) in [5.74, 6) is -0.220. The van der Waals surface area contributed by atoms with E-state index in [2.05, 4.69) is 14.5 Å². The summed E-state index contributed by atoms with van der Waals surface area (Å²) < 4.78 is 18.5. The number of thioether (sulfide) groups is 1. The molecule has 9 heteroatoms. The number of carbonyl (C=O) groups excluding carboxylic acids is 2. The molecule has 2 atom stereocenters. The monoisotopic (exact) mass is 467 g/mol. The van der Waals surface area contributed by atoms with E-state index in [-0.39, 0.29) is 40.3 Å². The number of nitrogens with zero attached hydrogens (tertiary/aromatic N) is 3. The first-order chi connectivity index (χ1) is 14.0. The quantitative estimate of drug-likeness (QED) is 0.620. The summed E-state index contributed by atoms with van der Waals surface area (Å²) >= 11 is 2.58. The largest absolute Gasteiger partial charge is 0.297 e. The van der Waals surface area contributed by atoms with Crippen molar-refractivity contribution in [2.24, 2.45) is 5.92 Å². The second kappa shape index (κ2) is 10.1. The minimum Gasteiger partial charge on any atom is -0.297 e. The Morgan fingerprint density at radius 2 is 2.07 bits per heavy atom. The Balaban J connectivity index is 0.00000256. The van der Waals surface area contributed by atoms with Crippen LogP contribution < -0.4 is 0 Å². The Kier molecular flexibility index (Phi) is 7.79. The van der Waals surface area contributed by atoms with Crippen LogP contribution in [0.3, 0.4) is 0 Å². The molecule has 160 valence electrons. The van der Waals surface area contributed by atoms with Crippen molar-refractivity contribution >= 4 is 52.7 Å². The number of hydrogen-bond acceptors (Lipinski definition) is 7. The lowest BCUT2D eigenvalue weighted by molar-refractivity contribution is -0.126. The van der Waals surface area contributed by atoms with E-state index in [0.29, 0.717) is 18.7 Å². The molecule has 0 amide bonds. The summed E-state index contributed by atoms with van der Waals surface area (Å²) in [6, 6.07) is 5.96. The minimum atomic E-state index is -0.594. The van der Waals surface area contributed by atoms with Gasteiger partial charge in [0.05, 0.1) is 11.7 Å². The van der Waals surface area contributed by atoms with Gasteiger partial charge in [-0.15, -0.1) is 17.5 Å². The molecule has 0 spiro atoms. The number of likely N-dealkylation sites (tertiary alicyclic amines) is 1. The molecule has 1 aromatic carbocycles. The Labute approximate surface area is 189 Å². The topological polar surface area (TPSA) is 63.2 Å². The fraction of sp³-hybridized carbons (Fsp3) is 0.429. The molecule has 1 aliphatic carbocycles. The van der Waals surface area contributed by atoms with E-state index in [1.165, 1.54) is 29.4 Å². The highest BCUT2D eigenvalue weighted by molar-refractivity contribution is 8.14. The summed E-state index contributed by atoms with van der Waals surface area (Å²) in [7, 11) is 0. The van der Waals surface area contributed by atoms with Crippen LogP contribution in [0.4, 0.5) is 4.39 Å². The molecule has 2 fully saturated rings. The zero-order valence-corrected chi connectivity index (χ0v) is 18.9. The molecular weight excluding hydrogens is 445 g/mol. The van der Waals surface area contributed by atoms with Gasteiger partial charge >= 0.3 is 0 Å². The lowest BCUT2D eigenvalue weighted by Gasteiger charge is -2.38. The van der Waals surface area contributed by atoms with Gasteiger partial charge in [-0.05, 0) is 48.5 Å². The van der Waals surface area contributed by atoms with Crippen LogP contribution in [-0.2, 0) is 9.59 Å². The van der Waals surface area contributed by atoms with E-state index < -0.39 is 6.04 Å². The minimum absolute atomic E-state index is 0. The first-order valence-corrected chi connectivity index (χ1v) is 11.4. The van der Waals surface area contributed by atoms with Crippen LogP contribution >= 0.6 is 35.7 Å². The van der Waals surface area contributed by atoms with E-state index in [1.54, 1.807) is 25.1 Å². The molecule has 2 heterocycles. The van der Waals surface area contributed by atoms with Gasteiger partial charge in [-0.1, -0.05) is 34.4 Å². The van der Waals surface area contributed by atoms with Gasteiger partial charge in [-0.25, -0.2) is 4.39 Å². The summed E-state index contributed by atoms with van der Waals surface area (Å²) in [5.41, 5.74) is 2.21. The third-order valence-electron chi connectivity index (χ3n) is 5.31. The standard InChI is InChI=1S/C21H22FN3O2S2.ClH/c1-13(26)29-19-8-9-25(11-15(19)10-16-12-28-24-23-16)20(21(27)14-6-7-14)17-4-2-3-5-18(17)22;/h2-5,10,12,14,19-20H,6-9,11H2,1H3;1H. The molecule has 30 heavy (non-hydrogen) atoms. The molecule has 2 unspecified atom stereocenters. The van der Waals surface area contributed by atoms with Gasteiger partial charge in [0.15, 0.2) is 10.9 Å². The highest BCUT2D eigenvalue weighted by atomic mass is 35.5. The van der Waals surface area contributed by atoms with Crippen molar-refractivity contribution < 1.29 is 14.0 Å². The average Bonchev–Trinajstić information content (AvgIpc) is 3.42. The number of benzene rings is 1. The maximum atomic E-state index is 14.6. The Bertz CT molecular complexity index is 934. The van der Waals surface area contributed by atoms with Crippen molar-refractivity contribution in [2.45, 2.75) is 37.5 Å². The second-order valence-corrected chi connectivity index (χ2v) is 9.50. The lowest BCUT2D eigenvalue weighted by Crippen LogP contribution is -2.43. The summed E-state index contributed by atoms with van der Waals surface area (Å²) in [6.45, 7) is 2.70. The fourth-order valence-corrected chi connectivity index (χ4v) is 5.15. The van der Waals surface area contributed by atoms with Crippen LogP contribution in [0.15, 0.2) is 35.2 Å². The van der Waals surface area contributed by atoms with E-state index in [0.717, 1.165) is 30.5 Å². The molecule has 5 nitrogen and oxygen atoms in total. The summed E-state index contributed by atoms with van der Waals surface area (Å²) in [6.07, 6.45) is 4.44. The van der Waals surface area contributed by atoms with Crippen LogP contribution in [0.2, 0.25) is 0 Å². The van der Waals surface area contributed by atoms with Gasteiger partial charge in [-0.2, -0.15) is 0 Å². The molecule has 2 aliphatic rings. The van der Waals surface area contributed by atoms with Gasteiger partial charge in [0.2, 0.25) is 0 Å². The SMILES string of the molecule is CC(=O)SC1CCN(C(C(=O)C2CC2)c2ccccc2F)CC1=Cc1csnn1.Cl. The molecular formula is C21H23ClFN3O2S2. The molecule has 4 rings (SSSR count). The smallest absolute Gasteiger partial charge is 0.186 e. The predicted octanol–water partition coefficient (Wildman–Crippen LogP) is 4.56. The van der Waals surface area contributed by atoms with E-state index in [1.807, 2.05) is 11.5 Å². The van der Waals surface area contributed by atoms with Gasteiger partial charge in [0.1, 0.15) is 5.82 Å². The van der Waals surface area contributed by atoms with Crippen LogP contribution in [0.5, 0.6) is 0 Å². The Morgan fingerprint density at radius 3 is 2.70 bits per heavy atom. The van der Waals surface area contributed by atoms with Crippen molar-refractivity contribution in [1.29, 1.82) is 0 Å². The van der Waals surface area contributed by atoms with Gasteiger partial charge in [0.25, 0.3) is 0 Å². The number of ketones is 1. The van der Waals surface area contributed by atoms with Gasteiger partial charge in [-0.3, -0.25) is 14.5 Å². The van der Waals surface area contributed by atoms with E-state index >= 15 is 0 Å². The normalized spacial score (nSPS) is 21.8. The molecule has 1 saturated heterocycles. The number of rotatable bonds is 6. The highest BCUT2D eigenvalue weighted by Gasteiger charge is 2.41. The second-order valence-electron chi connectivity index (χ2n) is 7.51. The van der Waals surface area contributed by atoms with Crippen LogP contribution in [-0.4, -0.2) is 43.7 Å². The average molecular weight is 468 g/mol. The Hall–Kier alpha value is -1.61. The van der Waals surface area contributed by atoms with Gasteiger partial charge in [0, 0.05) is 42.1 Å². The first-order valence-electron chi connectivity index (χ1n) is 9.70. The molecule has 1 aromatic heterocycles. The van der Waals surface area contributed by atoms with Crippen LogP contribution in [0.25, 0.3) is 6.08 Å². The van der Waals surface area contributed by atoms with E-state index in [4.69, 9.17) is 0 Å². The van der Waals surface area contributed by atoms with E-state index in [9.17, 15) is 14.0 Å². The molecule has 0 N–H and O–H groups in total. The molecule has 2 aromatic rings. The number of hydrogen-bond donors (Lipinski definition) is 0. The maximum absolute atomic E-state index is 14.6. The van der Waals surface area contributed by atoms with Crippen molar-refractivity contribution in [1.82, 2.24) is 14.5 Å². The molecule has 1 aliphatic heterocycles. The zero-order valence-electron chi connectivity index (χ0n) is 16.5. The van der Waals surface area contributed by atoms with Gasteiger partial charge < -0.3 is 0 Å². The number of piperidine rings is 1. The highest BCUT2D eigenvalue weighted by Crippen LogP contribution is 2.40.